The van der Waals surface area contributed by atoms with Crippen LogP contribution in [-0.4, -0.2) is 46.5 Å². The van der Waals surface area contributed by atoms with Crippen LogP contribution in [0, 0.1) is 0 Å². The van der Waals surface area contributed by atoms with Gasteiger partial charge in [-0.25, -0.2) is 9.48 Å². The van der Waals surface area contributed by atoms with Gasteiger partial charge < -0.3 is 19.9 Å². The van der Waals surface area contributed by atoms with Crippen molar-refractivity contribution in [2.75, 3.05) is 19.8 Å². The Balaban J connectivity index is 1.88. The van der Waals surface area contributed by atoms with Crippen molar-refractivity contribution in [1.82, 2.24) is 15.1 Å². The lowest BCUT2D eigenvalue weighted by molar-refractivity contribution is -0.121. The summed E-state index contributed by atoms with van der Waals surface area (Å²) in [4.78, 5) is 23.0. The van der Waals surface area contributed by atoms with Crippen LogP contribution in [0.15, 0.2) is 30.5 Å². The monoisotopic (exact) mass is 361 g/mol. The van der Waals surface area contributed by atoms with E-state index in [1.54, 1.807) is 0 Å². The lowest BCUT2D eigenvalue weighted by Gasteiger charge is -2.12. The van der Waals surface area contributed by atoms with Crippen molar-refractivity contribution in [2.24, 2.45) is 0 Å². The molecule has 0 spiro atoms. The lowest BCUT2D eigenvalue weighted by Crippen LogP contribution is -2.30. The lowest BCUT2D eigenvalue weighted by atomic mass is 10.1. The molecule has 2 N–H and O–H groups in total. The van der Waals surface area contributed by atoms with Gasteiger partial charge in [0.05, 0.1) is 13.2 Å². The Kier molecular flexibility index (Phi) is 7.02. The number of carboxylic acids is 1. The van der Waals surface area contributed by atoms with Crippen LogP contribution in [-0.2, 0) is 17.8 Å². The summed E-state index contributed by atoms with van der Waals surface area (Å²) in [5.74, 6) is -0.0388. The minimum Gasteiger partial charge on any atom is -0.490 e. The number of aromatic nitrogens is 2. The van der Waals surface area contributed by atoms with Crippen molar-refractivity contribution in [3.63, 3.8) is 0 Å². The first-order valence-corrected chi connectivity index (χ1v) is 8.45. The number of nitrogens with zero attached hydrogens (tertiary/aromatic N) is 2. The molecular formula is C18H23N3O5. The van der Waals surface area contributed by atoms with Crippen LogP contribution >= 0.6 is 0 Å². The van der Waals surface area contributed by atoms with Crippen LogP contribution in [0.1, 0.15) is 29.9 Å². The predicted octanol–water partition coefficient (Wildman–Crippen LogP) is 1.74. The molecule has 1 heterocycles. The van der Waals surface area contributed by atoms with Gasteiger partial charge in [-0.3, -0.25) is 4.79 Å². The van der Waals surface area contributed by atoms with Crippen molar-refractivity contribution in [2.45, 2.75) is 26.8 Å². The molecule has 0 fully saturated rings. The van der Waals surface area contributed by atoms with Gasteiger partial charge in [-0.1, -0.05) is 6.07 Å². The smallest absolute Gasteiger partial charge is 0.354 e. The van der Waals surface area contributed by atoms with Gasteiger partial charge in [0.15, 0.2) is 11.5 Å². The number of rotatable bonds is 10. The molecule has 1 aromatic carbocycles. The minimum atomic E-state index is -1.12. The minimum absolute atomic E-state index is 0.0204. The Bertz CT molecular complexity index is 757. The Labute approximate surface area is 151 Å². The molecule has 8 heteroatoms. The second-order valence-electron chi connectivity index (χ2n) is 5.43. The SMILES string of the molecule is CCOc1ccc(CCNC(=O)Cn2nccc2C(=O)O)cc1OCC. The summed E-state index contributed by atoms with van der Waals surface area (Å²) < 4.78 is 12.3. The number of hydrogen-bond acceptors (Lipinski definition) is 5. The number of carbonyl (C=O) groups excluding carboxylic acids is 1. The third kappa shape index (κ3) is 5.23. The van der Waals surface area contributed by atoms with E-state index >= 15 is 0 Å². The van der Waals surface area contributed by atoms with Crippen LogP contribution in [0.4, 0.5) is 0 Å². The summed E-state index contributed by atoms with van der Waals surface area (Å²) in [6.45, 7) is 5.19. The largest absolute Gasteiger partial charge is 0.490 e. The van der Waals surface area contributed by atoms with Crippen LogP contribution < -0.4 is 14.8 Å². The molecule has 1 aromatic heterocycles. The second-order valence-corrected chi connectivity index (χ2v) is 5.43. The summed E-state index contributed by atoms with van der Waals surface area (Å²) in [5, 5.41) is 15.6. The number of nitrogens with one attached hydrogen (secondary N) is 1. The second kappa shape index (κ2) is 9.45. The standard InChI is InChI=1S/C18H23N3O5/c1-3-25-15-6-5-13(11-16(15)26-4-2)7-9-19-17(22)12-21-14(18(23)24)8-10-20-21/h5-6,8,10-11H,3-4,7,9,12H2,1-2H3,(H,19,22)(H,23,24). The topological polar surface area (TPSA) is 103 Å². The van der Waals surface area contributed by atoms with E-state index in [0.29, 0.717) is 37.7 Å². The number of hydrogen-bond donors (Lipinski definition) is 2. The average molecular weight is 361 g/mol. The first-order valence-electron chi connectivity index (χ1n) is 8.45. The van der Waals surface area contributed by atoms with E-state index in [2.05, 4.69) is 10.4 Å². The molecule has 26 heavy (non-hydrogen) atoms. The number of carbonyl (C=O) groups is 2. The van der Waals surface area contributed by atoms with Crippen molar-refractivity contribution < 1.29 is 24.2 Å². The molecule has 0 atom stereocenters. The zero-order chi connectivity index (χ0) is 18.9. The van der Waals surface area contributed by atoms with Crippen molar-refractivity contribution >= 4 is 11.9 Å². The molecule has 2 aromatic rings. The highest BCUT2D eigenvalue weighted by Crippen LogP contribution is 2.28. The number of benzene rings is 1. The Morgan fingerprint density at radius 1 is 1.15 bits per heavy atom. The summed E-state index contributed by atoms with van der Waals surface area (Å²) in [7, 11) is 0. The van der Waals surface area contributed by atoms with Crippen LogP contribution in [0.2, 0.25) is 0 Å². The van der Waals surface area contributed by atoms with Crippen LogP contribution in [0.5, 0.6) is 11.5 Å². The van der Waals surface area contributed by atoms with Gasteiger partial charge in [0.25, 0.3) is 0 Å². The van der Waals surface area contributed by atoms with Crippen LogP contribution in [0.3, 0.4) is 0 Å². The highest BCUT2D eigenvalue weighted by Gasteiger charge is 2.13. The van der Waals surface area contributed by atoms with Gasteiger partial charge >= 0.3 is 5.97 Å². The first kappa shape index (κ1) is 19.3. The first-order chi connectivity index (χ1) is 12.5. The molecule has 0 saturated heterocycles. The number of aromatic carboxylic acids is 1. The van der Waals surface area contributed by atoms with Crippen molar-refractivity contribution in [3.8, 4) is 11.5 Å². The zero-order valence-corrected chi connectivity index (χ0v) is 14.9. The van der Waals surface area contributed by atoms with E-state index < -0.39 is 5.97 Å². The quantitative estimate of drug-likeness (QED) is 0.668. The molecule has 0 aliphatic rings. The van der Waals surface area contributed by atoms with E-state index in [0.717, 1.165) is 10.2 Å². The number of amides is 1. The maximum atomic E-state index is 12.0. The fourth-order valence-electron chi connectivity index (χ4n) is 2.43. The summed E-state index contributed by atoms with van der Waals surface area (Å²) >= 11 is 0. The van der Waals surface area contributed by atoms with E-state index in [1.807, 2.05) is 32.0 Å². The molecule has 140 valence electrons. The highest BCUT2D eigenvalue weighted by molar-refractivity contribution is 5.86. The molecule has 0 aliphatic heterocycles. The van der Waals surface area contributed by atoms with E-state index in [9.17, 15) is 9.59 Å². The number of carboxylic acid groups (broad SMARTS) is 1. The molecule has 8 nitrogen and oxygen atoms in total. The van der Waals surface area contributed by atoms with E-state index in [-0.39, 0.29) is 18.1 Å². The van der Waals surface area contributed by atoms with Gasteiger partial charge in [-0.05, 0) is 44.0 Å². The Morgan fingerprint density at radius 2 is 1.88 bits per heavy atom. The summed E-state index contributed by atoms with van der Waals surface area (Å²) in [5.41, 5.74) is 0.982. The van der Waals surface area contributed by atoms with Gasteiger partial charge in [-0.15, -0.1) is 0 Å². The normalized spacial score (nSPS) is 10.4. The third-order valence-electron chi connectivity index (χ3n) is 3.57. The molecule has 0 aliphatic carbocycles. The van der Waals surface area contributed by atoms with Crippen molar-refractivity contribution in [1.29, 1.82) is 0 Å². The van der Waals surface area contributed by atoms with Crippen molar-refractivity contribution in [3.05, 3.63) is 41.7 Å². The van der Waals surface area contributed by atoms with Gasteiger partial charge in [0, 0.05) is 12.7 Å². The average Bonchev–Trinajstić information content (AvgIpc) is 3.06. The summed E-state index contributed by atoms with van der Waals surface area (Å²) in [6.07, 6.45) is 1.97. The predicted molar refractivity (Wildman–Crippen MR) is 94.7 cm³/mol. The fourth-order valence-corrected chi connectivity index (χ4v) is 2.43. The maximum Gasteiger partial charge on any atom is 0.354 e. The maximum absolute atomic E-state index is 12.0. The van der Waals surface area contributed by atoms with Crippen LogP contribution in [0.25, 0.3) is 0 Å². The molecular weight excluding hydrogens is 338 g/mol. The molecule has 2 rings (SSSR count). The fraction of sp³-hybridized carbons (Fsp3) is 0.389. The number of ether oxygens (including phenoxy) is 2. The molecule has 1 amide bonds. The molecule has 0 unspecified atom stereocenters. The van der Waals surface area contributed by atoms with E-state index in [1.165, 1.54) is 12.3 Å². The molecule has 0 bridgehead atoms. The Hall–Kier alpha value is -3.03. The third-order valence-corrected chi connectivity index (χ3v) is 3.57. The Morgan fingerprint density at radius 3 is 2.58 bits per heavy atom. The highest BCUT2D eigenvalue weighted by atomic mass is 16.5. The van der Waals surface area contributed by atoms with E-state index in [4.69, 9.17) is 14.6 Å². The summed E-state index contributed by atoms with van der Waals surface area (Å²) in [6, 6.07) is 7.03. The molecule has 0 radical (unpaired) electrons. The molecule has 0 saturated carbocycles. The zero-order valence-electron chi connectivity index (χ0n) is 14.9. The van der Waals surface area contributed by atoms with Gasteiger partial charge in [0.2, 0.25) is 5.91 Å². The van der Waals surface area contributed by atoms with Gasteiger partial charge in [0.1, 0.15) is 12.2 Å². The van der Waals surface area contributed by atoms with Gasteiger partial charge in [-0.2, -0.15) is 5.10 Å².